The number of para-hydroxylation sites is 1. The first kappa shape index (κ1) is 34.4. The van der Waals surface area contributed by atoms with Gasteiger partial charge in [-0.3, -0.25) is 19.4 Å². The van der Waals surface area contributed by atoms with E-state index >= 15 is 0 Å². The quantitative estimate of drug-likeness (QED) is 0.130. The Morgan fingerprint density at radius 3 is 2.20 bits per heavy atom. The van der Waals surface area contributed by atoms with Crippen molar-refractivity contribution >= 4 is 34.3 Å². The SMILES string of the molecule is NCC[N+](CCN)(CCC[C@H](N)C(=O)N[C@@H](Cc1ccc(C(F)(F)F)cc1)C(=O)Nc1cnc2ccccc2c1)CC(N)=O. The molecule has 3 aromatic rings. The van der Waals surface area contributed by atoms with E-state index in [1.165, 1.54) is 18.3 Å². The van der Waals surface area contributed by atoms with Gasteiger partial charge in [-0.1, -0.05) is 30.3 Å². The molecule has 3 rings (SSSR count). The molecule has 0 unspecified atom stereocenters. The van der Waals surface area contributed by atoms with Crippen molar-refractivity contribution < 1.29 is 32.0 Å². The number of nitrogens with one attached hydrogen (secondary N) is 2. The van der Waals surface area contributed by atoms with Gasteiger partial charge < -0.3 is 38.1 Å². The third-order valence-corrected chi connectivity index (χ3v) is 7.39. The number of anilines is 1. The number of nitrogens with two attached hydrogens (primary N) is 4. The van der Waals surface area contributed by atoms with E-state index < -0.39 is 41.5 Å². The minimum atomic E-state index is -4.51. The van der Waals surface area contributed by atoms with Gasteiger partial charge >= 0.3 is 6.18 Å². The van der Waals surface area contributed by atoms with Crippen LogP contribution in [0.15, 0.2) is 60.8 Å². The number of alkyl halides is 3. The Bertz CT molecular complexity index is 1410. The summed E-state index contributed by atoms with van der Waals surface area (Å²) in [7, 11) is 0. The molecule has 2 atom stereocenters. The number of pyridine rings is 1. The molecule has 1 heterocycles. The molecule has 44 heavy (non-hydrogen) atoms. The first-order valence-corrected chi connectivity index (χ1v) is 14.3. The van der Waals surface area contributed by atoms with Crippen LogP contribution in [0.1, 0.15) is 24.0 Å². The number of primary amides is 1. The lowest BCUT2D eigenvalue weighted by molar-refractivity contribution is -0.918. The summed E-state index contributed by atoms with van der Waals surface area (Å²) in [4.78, 5) is 42.6. The van der Waals surface area contributed by atoms with Crippen molar-refractivity contribution in [2.45, 2.75) is 37.5 Å². The van der Waals surface area contributed by atoms with Gasteiger partial charge in [-0.25, -0.2) is 0 Å². The number of quaternary nitrogens is 1. The largest absolute Gasteiger partial charge is 0.416 e. The van der Waals surface area contributed by atoms with Crippen LogP contribution in [-0.2, 0) is 27.0 Å². The van der Waals surface area contributed by atoms with Crippen molar-refractivity contribution in [2.24, 2.45) is 22.9 Å². The van der Waals surface area contributed by atoms with E-state index in [0.717, 1.165) is 23.0 Å². The second-order valence-electron chi connectivity index (χ2n) is 10.8. The summed E-state index contributed by atoms with van der Waals surface area (Å²) in [6.45, 7) is 2.08. The van der Waals surface area contributed by atoms with E-state index in [-0.39, 0.29) is 23.9 Å². The molecular weight excluding hydrogens is 577 g/mol. The third-order valence-electron chi connectivity index (χ3n) is 7.39. The van der Waals surface area contributed by atoms with Crippen molar-refractivity contribution in [3.8, 4) is 0 Å². The van der Waals surface area contributed by atoms with Crippen LogP contribution in [0, 0.1) is 0 Å². The molecule has 0 fully saturated rings. The second kappa shape index (κ2) is 15.6. The van der Waals surface area contributed by atoms with Crippen molar-refractivity contribution in [3.63, 3.8) is 0 Å². The molecular formula is C30H40F3N8O3+. The number of benzene rings is 2. The number of aromatic nitrogens is 1. The van der Waals surface area contributed by atoms with Gasteiger partial charge in [-0.05, 0) is 42.7 Å². The highest BCUT2D eigenvalue weighted by molar-refractivity contribution is 5.99. The highest BCUT2D eigenvalue weighted by Gasteiger charge is 2.31. The summed E-state index contributed by atoms with van der Waals surface area (Å²) in [5.74, 6) is -1.70. The molecule has 11 nitrogen and oxygen atoms in total. The zero-order valence-electron chi connectivity index (χ0n) is 24.4. The Hall–Kier alpha value is -4.11. The van der Waals surface area contributed by atoms with Gasteiger partial charge in [0, 0.05) is 24.9 Å². The van der Waals surface area contributed by atoms with Crippen LogP contribution in [0.3, 0.4) is 0 Å². The van der Waals surface area contributed by atoms with Crippen molar-refractivity contribution in [1.29, 1.82) is 0 Å². The lowest BCUT2D eigenvalue weighted by atomic mass is 10.0. The average Bonchev–Trinajstić information content (AvgIpc) is 2.96. The number of halogens is 3. The minimum Gasteiger partial charge on any atom is -0.365 e. The zero-order valence-corrected chi connectivity index (χ0v) is 24.4. The number of hydrogen-bond donors (Lipinski definition) is 6. The van der Waals surface area contributed by atoms with E-state index in [2.05, 4.69) is 15.6 Å². The predicted molar refractivity (Wildman–Crippen MR) is 162 cm³/mol. The summed E-state index contributed by atoms with van der Waals surface area (Å²) in [5, 5.41) is 6.18. The molecule has 0 spiro atoms. The third kappa shape index (κ3) is 9.98. The lowest BCUT2D eigenvalue weighted by Gasteiger charge is -2.37. The molecule has 0 radical (unpaired) electrons. The summed E-state index contributed by atoms with van der Waals surface area (Å²) in [6, 6.07) is 11.2. The smallest absolute Gasteiger partial charge is 0.365 e. The molecule has 1 aromatic heterocycles. The maximum absolute atomic E-state index is 13.4. The molecule has 238 valence electrons. The Labute approximate surface area is 253 Å². The summed E-state index contributed by atoms with van der Waals surface area (Å²) < 4.78 is 39.5. The Morgan fingerprint density at radius 1 is 0.932 bits per heavy atom. The van der Waals surface area contributed by atoms with E-state index in [0.29, 0.717) is 50.4 Å². The highest BCUT2D eigenvalue weighted by atomic mass is 19.4. The first-order valence-electron chi connectivity index (χ1n) is 14.3. The standard InChI is InChI=1S/C30H39F3N8O3/c31-30(32,33)22-9-7-20(8-10-22)16-26(29(44)39-23-17-21-4-1-2-6-25(21)38-18-23)40-28(43)24(36)5-3-13-41(14-11-34,15-12-35)19-27(37)42/h1-2,4,6-10,17-18,24,26H,3,5,11-16,19,34-36H2,(H3-,37,39,40,42,43,44)/p+1/t24-,26-/m0/s1. The van der Waals surface area contributed by atoms with Crippen LogP contribution in [-0.4, -0.2) is 78.5 Å². The molecule has 0 bridgehead atoms. The van der Waals surface area contributed by atoms with Gasteiger partial charge in [0.2, 0.25) is 11.8 Å². The first-order chi connectivity index (χ1) is 20.9. The van der Waals surface area contributed by atoms with E-state index in [4.69, 9.17) is 22.9 Å². The molecule has 3 amide bonds. The fraction of sp³-hybridized carbons (Fsp3) is 0.400. The molecule has 0 saturated heterocycles. The normalized spacial score (nSPS) is 13.3. The van der Waals surface area contributed by atoms with E-state index in [1.54, 1.807) is 6.07 Å². The fourth-order valence-corrected chi connectivity index (χ4v) is 5.15. The summed E-state index contributed by atoms with van der Waals surface area (Å²) >= 11 is 0. The van der Waals surface area contributed by atoms with Crippen molar-refractivity contribution in [3.05, 3.63) is 71.9 Å². The molecule has 0 aliphatic carbocycles. The van der Waals surface area contributed by atoms with Gasteiger partial charge in [0.25, 0.3) is 5.91 Å². The molecule has 10 N–H and O–H groups in total. The number of nitrogens with zero attached hydrogens (tertiary/aromatic N) is 2. The number of hydrogen-bond acceptors (Lipinski definition) is 7. The van der Waals surface area contributed by atoms with Crippen LogP contribution in [0.25, 0.3) is 10.9 Å². The highest BCUT2D eigenvalue weighted by Crippen LogP contribution is 2.29. The predicted octanol–water partition coefficient (Wildman–Crippen LogP) is 1.25. The molecule has 2 aromatic carbocycles. The summed E-state index contributed by atoms with van der Waals surface area (Å²) in [6.07, 6.45) is -2.46. The van der Waals surface area contributed by atoms with Crippen molar-refractivity contribution in [2.75, 3.05) is 44.6 Å². The topological polar surface area (TPSA) is 192 Å². The van der Waals surface area contributed by atoms with Gasteiger partial charge in [0.1, 0.15) is 6.04 Å². The maximum Gasteiger partial charge on any atom is 0.416 e. The van der Waals surface area contributed by atoms with Crippen LogP contribution < -0.4 is 33.6 Å². The lowest BCUT2D eigenvalue weighted by Crippen LogP contribution is -2.58. The Kier molecular flexibility index (Phi) is 12.2. The van der Waals surface area contributed by atoms with Crippen molar-refractivity contribution in [1.82, 2.24) is 10.3 Å². The minimum absolute atomic E-state index is 0.0504. The number of fused-ring (bicyclic) bond motifs is 1. The maximum atomic E-state index is 13.4. The van der Waals surface area contributed by atoms with Crippen LogP contribution in [0.5, 0.6) is 0 Å². The van der Waals surface area contributed by atoms with Gasteiger partial charge in [-0.2, -0.15) is 13.2 Å². The van der Waals surface area contributed by atoms with Crippen LogP contribution in [0.2, 0.25) is 0 Å². The molecule has 0 aliphatic heterocycles. The molecule has 0 aliphatic rings. The second-order valence-corrected chi connectivity index (χ2v) is 10.8. The Balaban J connectivity index is 1.73. The molecule has 0 saturated carbocycles. The van der Waals surface area contributed by atoms with E-state index in [1.807, 2.05) is 24.3 Å². The van der Waals surface area contributed by atoms with Gasteiger partial charge in [-0.15, -0.1) is 0 Å². The zero-order chi connectivity index (χ0) is 32.3. The molecule has 14 heteroatoms. The number of carbonyl (C=O) groups is 3. The number of carbonyl (C=O) groups excluding carboxylic acids is 3. The van der Waals surface area contributed by atoms with Gasteiger partial charge in [0.05, 0.1) is 48.6 Å². The fourth-order valence-electron chi connectivity index (χ4n) is 5.15. The van der Waals surface area contributed by atoms with Crippen LogP contribution >= 0.6 is 0 Å². The average molecular weight is 618 g/mol. The Morgan fingerprint density at radius 2 is 1.59 bits per heavy atom. The monoisotopic (exact) mass is 617 g/mol. The summed E-state index contributed by atoms with van der Waals surface area (Å²) in [5.41, 5.74) is 23.9. The number of rotatable bonds is 16. The number of amides is 3. The van der Waals surface area contributed by atoms with E-state index in [9.17, 15) is 27.6 Å². The van der Waals surface area contributed by atoms with Crippen LogP contribution in [0.4, 0.5) is 18.9 Å². The van der Waals surface area contributed by atoms with Gasteiger partial charge in [0.15, 0.2) is 6.54 Å².